The summed E-state index contributed by atoms with van der Waals surface area (Å²) in [5, 5.41) is 8.74. The van der Waals surface area contributed by atoms with Crippen LogP contribution >= 0.6 is 0 Å². The molecule has 0 heterocycles. The maximum atomic E-state index is 11.7. The number of rotatable bonds is 4. The molecule has 0 saturated heterocycles. The lowest BCUT2D eigenvalue weighted by Gasteiger charge is -2.18. The Morgan fingerprint density at radius 2 is 1.94 bits per heavy atom. The van der Waals surface area contributed by atoms with Crippen molar-refractivity contribution in [2.45, 2.75) is 6.92 Å². The van der Waals surface area contributed by atoms with Gasteiger partial charge in [0.15, 0.2) is 0 Å². The number of nitrogens with zero attached hydrogens (tertiary/aromatic N) is 1. The van der Waals surface area contributed by atoms with Gasteiger partial charge in [-0.15, -0.1) is 0 Å². The number of hydrogen-bond donors (Lipinski definition) is 1. The number of para-hydroxylation sites is 1. The SMILES string of the molecule is CC=CC(=O)N(CC(=O)O)c1ccccc1. The number of carboxylic acid groups (broad SMARTS) is 1. The fraction of sp³-hybridized carbons (Fsp3) is 0.167. The van der Waals surface area contributed by atoms with E-state index in [9.17, 15) is 9.59 Å². The normalized spacial score (nSPS) is 10.3. The van der Waals surface area contributed by atoms with Crippen LogP contribution in [0.1, 0.15) is 6.92 Å². The maximum Gasteiger partial charge on any atom is 0.323 e. The maximum absolute atomic E-state index is 11.7. The van der Waals surface area contributed by atoms with Gasteiger partial charge in [0.25, 0.3) is 5.91 Å². The fourth-order valence-corrected chi connectivity index (χ4v) is 1.27. The highest BCUT2D eigenvalue weighted by molar-refractivity contribution is 6.03. The van der Waals surface area contributed by atoms with Crippen LogP contribution in [-0.2, 0) is 9.59 Å². The predicted molar refractivity (Wildman–Crippen MR) is 61.2 cm³/mol. The molecule has 0 radical (unpaired) electrons. The van der Waals surface area contributed by atoms with E-state index < -0.39 is 5.97 Å². The molecule has 4 heteroatoms. The monoisotopic (exact) mass is 219 g/mol. The lowest BCUT2D eigenvalue weighted by atomic mass is 10.2. The molecule has 0 unspecified atom stereocenters. The number of carbonyl (C=O) groups is 2. The minimum Gasteiger partial charge on any atom is -0.480 e. The van der Waals surface area contributed by atoms with E-state index in [4.69, 9.17) is 5.11 Å². The summed E-state index contributed by atoms with van der Waals surface area (Å²) in [6, 6.07) is 8.72. The summed E-state index contributed by atoms with van der Waals surface area (Å²) >= 11 is 0. The Bertz CT molecular complexity index is 398. The minimum absolute atomic E-state index is 0.337. The summed E-state index contributed by atoms with van der Waals surface area (Å²) in [5.74, 6) is -1.38. The van der Waals surface area contributed by atoms with Crippen LogP contribution in [0, 0.1) is 0 Å². The second-order valence-corrected chi connectivity index (χ2v) is 3.15. The molecule has 4 nitrogen and oxygen atoms in total. The average molecular weight is 219 g/mol. The third-order valence-electron chi connectivity index (χ3n) is 1.94. The molecule has 0 aliphatic carbocycles. The molecule has 0 aliphatic heterocycles. The van der Waals surface area contributed by atoms with Gasteiger partial charge >= 0.3 is 5.97 Å². The zero-order valence-electron chi connectivity index (χ0n) is 8.96. The van der Waals surface area contributed by atoms with Crippen LogP contribution in [-0.4, -0.2) is 23.5 Å². The van der Waals surface area contributed by atoms with Crippen LogP contribution in [0.25, 0.3) is 0 Å². The molecule has 84 valence electrons. The third kappa shape index (κ3) is 3.24. The van der Waals surface area contributed by atoms with E-state index in [1.54, 1.807) is 37.3 Å². The quantitative estimate of drug-likeness (QED) is 0.784. The number of aliphatic carboxylic acids is 1. The summed E-state index contributed by atoms with van der Waals surface area (Å²) in [6.45, 7) is 1.37. The van der Waals surface area contributed by atoms with Crippen molar-refractivity contribution in [3.05, 3.63) is 42.5 Å². The van der Waals surface area contributed by atoms with E-state index in [1.807, 2.05) is 6.07 Å². The zero-order valence-corrected chi connectivity index (χ0v) is 8.96. The van der Waals surface area contributed by atoms with Gasteiger partial charge in [0.05, 0.1) is 0 Å². The molecule has 0 spiro atoms. The summed E-state index contributed by atoms with van der Waals surface area (Å²) in [6.07, 6.45) is 2.93. The largest absolute Gasteiger partial charge is 0.480 e. The van der Waals surface area contributed by atoms with Crippen LogP contribution in [0.2, 0.25) is 0 Å². The van der Waals surface area contributed by atoms with Gasteiger partial charge in [0.1, 0.15) is 6.54 Å². The highest BCUT2D eigenvalue weighted by atomic mass is 16.4. The first-order valence-electron chi connectivity index (χ1n) is 4.86. The van der Waals surface area contributed by atoms with Crippen molar-refractivity contribution in [1.82, 2.24) is 0 Å². The van der Waals surface area contributed by atoms with E-state index >= 15 is 0 Å². The number of anilines is 1. The van der Waals surface area contributed by atoms with Crippen LogP contribution in [0.5, 0.6) is 0 Å². The Balaban J connectivity index is 2.96. The fourth-order valence-electron chi connectivity index (χ4n) is 1.27. The highest BCUT2D eigenvalue weighted by Gasteiger charge is 2.15. The summed E-state index contributed by atoms with van der Waals surface area (Å²) in [5.41, 5.74) is 0.577. The number of carboxylic acids is 1. The molecule has 0 aliphatic rings. The van der Waals surface area contributed by atoms with Crippen molar-refractivity contribution >= 4 is 17.6 Å². The second-order valence-electron chi connectivity index (χ2n) is 3.15. The topological polar surface area (TPSA) is 57.6 Å². The summed E-state index contributed by atoms with van der Waals surface area (Å²) in [7, 11) is 0. The molecule has 0 aromatic heterocycles. The Morgan fingerprint density at radius 3 is 2.44 bits per heavy atom. The van der Waals surface area contributed by atoms with Gasteiger partial charge in [-0.1, -0.05) is 24.3 Å². The molecule has 0 fully saturated rings. The molecule has 16 heavy (non-hydrogen) atoms. The van der Waals surface area contributed by atoms with Gasteiger partial charge in [-0.05, 0) is 25.1 Å². The van der Waals surface area contributed by atoms with Crippen molar-refractivity contribution in [2.75, 3.05) is 11.4 Å². The van der Waals surface area contributed by atoms with Crippen molar-refractivity contribution in [1.29, 1.82) is 0 Å². The summed E-state index contributed by atoms with van der Waals surface area (Å²) < 4.78 is 0. The lowest BCUT2D eigenvalue weighted by molar-refractivity contribution is -0.136. The first-order chi connectivity index (χ1) is 7.65. The zero-order chi connectivity index (χ0) is 12.0. The standard InChI is InChI=1S/C12H13NO3/c1-2-6-11(14)13(9-12(15)16)10-7-4-3-5-8-10/h2-8H,9H2,1H3,(H,15,16). The Kier molecular flexibility index (Phi) is 4.27. The van der Waals surface area contributed by atoms with Crippen molar-refractivity contribution in [2.24, 2.45) is 0 Å². The van der Waals surface area contributed by atoms with E-state index in [-0.39, 0.29) is 12.5 Å². The molecule has 0 atom stereocenters. The van der Waals surface area contributed by atoms with Crippen LogP contribution < -0.4 is 4.90 Å². The smallest absolute Gasteiger partial charge is 0.323 e. The molecular formula is C12H13NO3. The minimum atomic E-state index is -1.04. The second kappa shape index (κ2) is 5.70. The first-order valence-corrected chi connectivity index (χ1v) is 4.86. The van der Waals surface area contributed by atoms with Gasteiger partial charge in [-0.2, -0.15) is 0 Å². The van der Waals surface area contributed by atoms with Crippen molar-refractivity contribution in [3.63, 3.8) is 0 Å². The number of amides is 1. The molecule has 1 aromatic carbocycles. The van der Waals surface area contributed by atoms with E-state index in [1.165, 1.54) is 11.0 Å². The van der Waals surface area contributed by atoms with Crippen LogP contribution in [0.3, 0.4) is 0 Å². The summed E-state index contributed by atoms with van der Waals surface area (Å²) in [4.78, 5) is 23.5. The van der Waals surface area contributed by atoms with E-state index in [0.717, 1.165) is 0 Å². The van der Waals surface area contributed by atoms with Gasteiger partial charge in [0, 0.05) is 5.69 Å². The molecule has 0 saturated carbocycles. The Morgan fingerprint density at radius 1 is 1.31 bits per heavy atom. The van der Waals surface area contributed by atoms with E-state index in [2.05, 4.69) is 0 Å². The molecule has 0 bridgehead atoms. The Hall–Kier alpha value is -2.10. The van der Waals surface area contributed by atoms with Gasteiger partial charge in [-0.25, -0.2) is 0 Å². The molecule has 1 amide bonds. The predicted octanol–water partition coefficient (Wildman–Crippen LogP) is 1.68. The highest BCUT2D eigenvalue weighted by Crippen LogP contribution is 2.13. The molecular weight excluding hydrogens is 206 g/mol. The average Bonchev–Trinajstić information content (AvgIpc) is 2.27. The number of hydrogen-bond acceptors (Lipinski definition) is 2. The van der Waals surface area contributed by atoms with Crippen LogP contribution in [0.15, 0.2) is 42.5 Å². The molecule has 1 aromatic rings. The Labute approximate surface area is 93.8 Å². The lowest BCUT2D eigenvalue weighted by Crippen LogP contribution is -2.34. The number of allylic oxidation sites excluding steroid dienone is 1. The third-order valence-corrected chi connectivity index (χ3v) is 1.94. The number of benzene rings is 1. The van der Waals surface area contributed by atoms with Crippen LogP contribution in [0.4, 0.5) is 5.69 Å². The molecule has 1 N–H and O–H groups in total. The number of carbonyl (C=O) groups excluding carboxylic acids is 1. The van der Waals surface area contributed by atoms with Crippen molar-refractivity contribution < 1.29 is 14.7 Å². The molecule has 1 rings (SSSR count). The van der Waals surface area contributed by atoms with E-state index in [0.29, 0.717) is 5.69 Å². The van der Waals surface area contributed by atoms with Gasteiger partial charge < -0.3 is 5.11 Å². The van der Waals surface area contributed by atoms with Gasteiger partial charge in [-0.3, -0.25) is 14.5 Å². The van der Waals surface area contributed by atoms with Crippen molar-refractivity contribution in [3.8, 4) is 0 Å². The first kappa shape index (κ1) is 12.0. The van der Waals surface area contributed by atoms with Gasteiger partial charge in [0.2, 0.25) is 0 Å².